The molecule has 0 aliphatic carbocycles. The SMILES string of the molecule is CNC(C)(C)Cc1c(C)c(Br)c(C)c(C)c1OC. The molecule has 0 aromatic heterocycles. The molecule has 1 aromatic carbocycles. The summed E-state index contributed by atoms with van der Waals surface area (Å²) in [6, 6.07) is 0. The zero-order valence-corrected chi connectivity index (χ0v) is 14.1. The third kappa shape index (κ3) is 2.89. The normalized spacial score (nSPS) is 11.8. The molecule has 0 aliphatic rings. The fraction of sp³-hybridized carbons (Fsp3) is 0.600. The third-order valence-electron chi connectivity index (χ3n) is 3.79. The third-order valence-corrected chi connectivity index (χ3v) is 4.98. The summed E-state index contributed by atoms with van der Waals surface area (Å²) in [5.41, 5.74) is 5.09. The molecular formula is C15H24BrNO. The van der Waals surface area contributed by atoms with E-state index in [1.165, 1.54) is 26.7 Å². The summed E-state index contributed by atoms with van der Waals surface area (Å²) in [4.78, 5) is 0. The zero-order chi connectivity index (χ0) is 14.1. The Bertz CT molecular complexity index is 453. The van der Waals surface area contributed by atoms with Crippen LogP contribution in [-0.2, 0) is 6.42 Å². The quantitative estimate of drug-likeness (QED) is 0.909. The van der Waals surface area contributed by atoms with E-state index in [0.717, 1.165) is 12.2 Å². The molecule has 0 radical (unpaired) electrons. The first-order valence-electron chi connectivity index (χ1n) is 6.26. The molecule has 0 atom stereocenters. The molecule has 0 heterocycles. The lowest BCUT2D eigenvalue weighted by atomic mass is 9.89. The molecule has 0 amide bonds. The van der Waals surface area contributed by atoms with Gasteiger partial charge in [0, 0.05) is 15.6 Å². The summed E-state index contributed by atoms with van der Waals surface area (Å²) in [7, 11) is 3.75. The number of benzene rings is 1. The lowest BCUT2D eigenvalue weighted by molar-refractivity contribution is 0.383. The average Bonchev–Trinajstić information content (AvgIpc) is 2.33. The van der Waals surface area contributed by atoms with Crippen molar-refractivity contribution in [1.29, 1.82) is 0 Å². The molecule has 0 saturated carbocycles. The van der Waals surface area contributed by atoms with Crippen molar-refractivity contribution < 1.29 is 4.74 Å². The minimum Gasteiger partial charge on any atom is -0.496 e. The molecular weight excluding hydrogens is 290 g/mol. The number of ether oxygens (including phenoxy) is 1. The number of hydrogen-bond donors (Lipinski definition) is 1. The maximum atomic E-state index is 5.63. The van der Waals surface area contributed by atoms with Crippen molar-refractivity contribution in [1.82, 2.24) is 5.32 Å². The van der Waals surface area contributed by atoms with Gasteiger partial charge < -0.3 is 10.1 Å². The maximum absolute atomic E-state index is 5.63. The fourth-order valence-electron chi connectivity index (χ4n) is 2.16. The van der Waals surface area contributed by atoms with Crippen LogP contribution in [-0.4, -0.2) is 19.7 Å². The van der Waals surface area contributed by atoms with Gasteiger partial charge in [0.2, 0.25) is 0 Å². The van der Waals surface area contributed by atoms with Gasteiger partial charge in [0.05, 0.1) is 7.11 Å². The second-order valence-corrected chi connectivity index (χ2v) is 6.30. The molecule has 2 nitrogen and oxygen atoms in total. The summed E-state index contributed by atoms with van der Waals surface area (Å²) in [6.45, 7) is 10.8. The van der Waals surface area contributed by atoms with E-state index in [-0.39, 0.29) is 5.54 Å². The van der Waals surface area contributed by atoms with Gasteiger partial charge in [0.1, 0.15) is 5.75 Å². The van der Waals surface area contributed by atoms with Crippen LogP contribution in [0.1, 0.15) is 36.1 Å². The van der Waals surface area contributed by atoms with Gasteiger partial charge in [-0.2, -0.15) is 0 Å². The van der Waals surface area contributed by atoms with Crippen LogP contribution in [0.4, 0.5) is 0 Å². The average molecular weight is 314 g/mol. The lowest BCUT2D eigenvalue weighted by Crippen LogP contribution is -2.38. The largest absolute Gasteiger partial charge is 0.496 e. The van der Waals surface area contributed by atoms with E-state index in [2.05, 4.69) is 55.9 Å². The van der Waals surface area contributed by atoms with Crippen molar-refractivity contribution in [2.75, 3.05) is 14.2 Å². The first-order valence-corrected chi connectivity index (χ1v) is 7.05. The van der Waals surface area contributed by atoms with E-state index >= 15 is 0 Å². The van der Waals surface area contributed by atoms with Gasteiger partial charge in [-0.25, -0.2) is 0 Å². The van der Waals surface area contributed by atoms with Gasteiger partial charge >= 0.3 is 0 Å². The van der Waals surface area contributed by atoms with E-state index in [1.54, 1.807) is 7.11 Å². The van der Waals surface area contributed by atoms with Crippen molar-refractivity contribution in [3.05, 3.63) is 26.7 Å². The molecule has 0 aliphatic heterocycles. The maximum Gasteiger partial charge on any atom is 0.125 e. The molecule has 1 rings (SSSR count). The monoisotopic (exact) mass is 313 g/mol. The standard InChI is InChI=1S/C15H24BrNO/c1-9-10(2)14(18-7)12(11(3)13(9)16)8-15(4,5)17-6/h17H,8H2,1-7H3. The smallest absolute Gasteiger partial charge is 0.125 e. The second-order valence-electron chi connectivity index (χ2n) is 5.51. The topological polar surface area (TPSA) is 21.3 Å². The Morgan fingerprint density at radius 1 is 1.11 bits per heavy atom. The van der Waals surface area contributed by atoms with Crippen LogP contribution >= 0.6 is 15.9 Å². The molecule has 18 heavy (non-hydrogen) atoms. The summed E-state index contributed by atoms with van der Waals surface area (Å²) >= 11 is 3.70. The van der Waals surface area contributed by atoms with E-state index in [1.807, 2.05) is 7.05 Å². The highest BCUT2D eigenvalue weighted by molar-refractivity contribution is 9.10. The first-order chi connectivity index (χ1) is 8.25. The highest BCUT2D eigenvalue weighted by Crippen LogP contribution is 2.37. The molecule has 0 spiro atoms. The van der Waals surface area contributed by atoms with E-state index in [9.17, 15) is 0 Å². The molecule has 1 N–H and O–H groups in total. The molecule has 1 aromatic rings. The van der Waals surface area contributed by atoms with Crippen LogP contribution in [0, 0.1) is 20.8 Å². The van der Waals surface area contributed by atoms with Crippen molar-refractivity contribution in [2.24, 2.45) is 0 Å². The van der Waals surface area contributed by atoms with Gasteiger partial charge in [-0.15, -0.1) is 0 Å². The second kappa shape index (κ2) is 5.62. The van der Waals surface area contributed by atoms with Gasteiger partial charge in [-0.05, 0) is 64.8 Å². The lowest BCUT2D eigenvalue weighted by Gasteiger charge is -2.28. The number of hydrogen-bond acceptors (Lipinski definition) is 2. The number of nitrogens with one attached hydrogen (secondary N) is 1. The fourth-order valence-corrected chi connectivity index (χ4v) is 2.70. The Morgan fingerprint density at radius 3 is 2.11 bits per heavy atom. The van der Waals surface area contributed by atoms with E-state index < -0.39 is 0 Å². The van der Waals surface area contributed by atoms with Crippen molar-refractivity contribution in [3.63, 3.8) is 0 Å². The summed E-state index contributed by atoms with van der Waals surface area (Å²) in [6.07, 6.45) is 0.943. The molecule has 0 saturated heterocycles. The van der Waals surface area contributed by atoms with Gasteiger partial charge in [0.15, 0.2) is 0 Å². The Morgan fingerprint density at radius 2 is 1.67 bits per heavy atom. The van der Waals surface area contributed by atoms with Crippen LogP contribution in [0.15, 0.2) is 4.47 Å². The van der Waals surface area contributed by atoms with Crippen molar-refractivity contribution in [3.8, 4) is 5.75 Å². The Labute approximate surface area is 119 Å². The minimum absolute atomic E-state index is 0.0547. The summed E-state index contributed by atoms with van der Waals surface area (Å²) < 4.78 is 6.83. The predicted octanol–water partition coefficient (Wildman–Crippen LogP) is 3.92. The zero-order valence-electron chi connectivity index (χ0n) is 12.5. The number of methoxy groups -OCH3 is 1. The van der Waals surface area contributed by atoms with Crippen LogP contribution in [0.25, 0.3) is 0 Å². The van der Waals surface area contributed by atoms with E-state index in [4.69, 9.17) is 4.74 Å². The Hall–Kier alpha value is -0.540. The van der Waals surface area contributed by atoms with Gasteiger partial charge in [-0.3, -0.25) is 0 Å². The summed E-state index contributed by atoms with van der Waals surface area (Å²) in [5, 5.41) is 3.35. The van der Waals surface area contributed by atoms with Gasteiger partial charge in [0.25, 0.3) is 0 Å². The summed E-state index contributed by atoms with van der Waals surface area (Å²) in [5.74, 6) is 1.02. The number of rotatable bonds is 4. The van der Waals surface area contributed by atoms with Gasteiger partial charge in [-0.1, -0.05) is 15.9 Å². The molecule has 0 unspecified atom stereocenters. The number of halogens is 1. The highest BCUT2D eigenvalue weighted by Gasteiger charge is 2.23. The van der Waals surface area contributed by atoms with Crippen LogP contribution in [0.5, 0.6) is 5.75 Å². The van der Waals surface area contributed by atoms with Crippen LogP contribution in [0.3, 0.4) is 0 Å². The minimum atomic E-state index is 0.0547. The van der Waals surface area contributed by atoms with Crippen molar-refractivity contribution >= 4 is 15.9 Å². The van der Waals surface area contributed by atoms with Crippen LogP contribution < -0.4 is 10.1 Å². The van der Waals surface area contributed by atoms with Crippen LogP contribution in [0.2, 0.25) is 0 Å². The Balaban J connectivity index is 3.43. The van der Waals surface area contributed by atoms with E-state index in [0.29, 0.717) is 0 Å². The first kappa shape index (κ1) is 15.5. The molecule has 102 valence electrons. The predicted molar refractivity (Wildman–Crippen MR) is 81.7 cm³/mol. The molecule has 3 heteroatoms. The Kier molecular flexibility index (Phi) is 4.84. The molecule has 0 bridgehead atoms. The van der Waals surface area contributed by atoms with Crippen molar-refractivity contribution in [2.45, 2.75) is 46.6 Å². The highest BCUT2D eigenvalue weighted by atomic mass is 79.9. The molecule has 0 fully saturated rings. The number of likely N-dealkylation sites (N-methyl/N-ethyl adjacent to an activating group) is 1.